The van der Waals surface area contributed by atoms with E-state index in [0.717, 1.165) is 41.4 Å². The van der Waals surface area contributed by atoms with E-state index >= 15 is 0 Å². The number of aromatic amines is 1. The fourth-order valence-corrected chi connectivity index (χ4v) is 2.72. The highest BCUT2D eigenvalue weighted by Gasteiger charge is 2.08. The Morgan fingerprint density at radius 2 is 2.08 bits per heavy atom. The Balaban J connectivity index is 1.55. The molecular formula is C18H22N6O. The third kappa shape index (κ3) is 4.32. The van der Waals surface area contributed by atoms with Gasteiger partial charge in [-0.15, -0.1) is 0 Å². The third-order valence-electron chi connectivity index (χ3n) is 3.88. The largest absolute Gasteiger partial charge is 0.326 e. The van der Waals surface area contributed by atoms with E-state index in [2.05, 4.69) is 25.6 Å². The van der Waals surface area contributed by atoms with Crippen LogP contribution in [-0.4, -0.2) is 30.9 Å². The first-order valence-corrected chi connectivity index (χ1v) is 8.31. The van der Waals surface area contributed by atoms with Crippen LogP contribution in [0.4, 0.5) is 5.69 Å². The molecular weight excluding hydrogens is 316 g/mol. The van der Waals surface area contributed by atoms with Crippen molar-refractivity contribution >= 4 is 11.6 Å². The van der Waals surface area contributed by atoms with E-state index in [4.69, 9.17) is 0 Å². The van der Waals surface area contributed by atoms with Gasteiger partial charge in [0.05, 0.1) is 5.69 Å². The number of anilines is 1. The zero-order valence-electron chi connectivity index (χ0n) is 14.7. The topological polar surface area (TPSA) is 88.5 Å². The second-order valence-corrected chi connectivity index (χ2v) is 6.13. The van der Waals surface area contributed by atoms with Crippen molar-refractivity contribution in [3.05, 3.63) is 47.5 Å². The van der Waals surface area contributed by atoms with E-state index in [9.17, 15) is 4.79 Å². The van der Waals surface area contributed by atoms with Gasteiger partial charge in [-0.1, -0.05) is 12.1 Å². The van der Waals surface area contributed by atoms with E-state index in [-0.39, 0.29) is 5.91 Å². The average Bonchev–Trinajstić information content (AvgIpc) is 3.13. The third-order valence-corrected chi connectivity index (χ3v) is 3.88. The molecule has 25 heavy (non-hydrogen) atoms. The van der Waals surface area contributed by atoms with Crippen molar-refractivity contribution in [3.8, 4) is 11.4 Å². The lowest BCUT2D eigenvalue weighted by Crippen LogP contribution is -2.13. The maximum atomic E-state index is 12.2. The molecule has 3 rings (SSSR count). The summed E-state index contributed by atoms with van der Waals surface area (Å²) >= 11 is 0. The quantitative estimate of drug-likeness (QED) is 0.723. The summed E-state index contributed by atoms with van der Waals surface area (Å²) in [4.78, 5) is 16.5. The number of nitrogens with zero attached hydrogens (tertiary/aromatic N) is 4. The van der Waals surface area contributed by atoms with Gasteiger partial charge in [0, 0.05) is 29.9 Å². The number of H-pyrrole nitrogens is 1. The van der Waals surface area contributed by atoms with Gasteiger partial charge in [0.2, 0.25) is 5.91 Å². The van der Waals surface area contributed by atoms with Gasteiger partial charge in [-0.05, 0) is 45.4 Å². The number of hydrogen-bond donors (Lipinski definition) is 2. The van der Waals surface area contributed by atoms with Crippen molar-refractivity contribution in [1.82, 2.24) is 25.0 Å². The van der Waals surface area contributed by atoms with E-state index < -0.39 is 0 Å². The highest BCUT2D eigenvalue weighted by atomic mass is 16.1. The summed E-state index contributed by atoms with van der Waals surface area (Å²) in [7, 11) is 0. The van der Waals surface area contributed by atoms with Crippen LogP contribution in [-0.2, 0) is 11.3 Å². The maximum Gasteiger partial charge on any atom is 0.224 e. The molecule has 3 aromatic rings. The fraction of sp³-hybridized carbons (Fsp3) is 0.333. The average molecular weight is 338 g/mol. The van der Waals surface area contributed by atoms with Crippen LogP contribution in [0.2, 0.25) is 0 Å². The molecule has 0 atom stereocenters. The molecule has 0 unspecified atom stereocenters. The molecule has 1 amide bonds. The first-order valence-electron chi connectivity index (χ1n) is 8.31. The van der Waals surface area contributed by atoms with Crippen LogP contribution in [0.25, 0.3) is 11.4 Å². The molecule has 2 N–H and O–H groups in total. The summed E-state index contributed by atoms with van der Waals surface area (Å²) in [6.07, 6.45) is 1.19. The summed E-state index contributed by atoms with van der Waals surface area (Å²) in [5.74, 6) is 1.37. The summed E-state index contributed by atoms with van der Waals surface area (Å²) in [6, 6.07) is 9.58. The van der Waals surface area contributed by atoms with Crippen molar-refractivity contribution in [3.63, 3.8) is 0 Å². The number of aryl methyl sites for hydroxylation is 4. The Kier molecular flexibility index (Phi) is 4.92. The maximum absolute atomic E-state index is 12.2. The fourth-order valence-electron chi connectivity index (χ4n) is 2.72. The molecule has 0 fully saturated rings. The number of benzene rings is 1. The van der Waals surface area contributed by atoms with E-state index in [0.29, 0.717) is 12.2 Å². The van der Waals surface area contributed by atoms with Crippen molar-refractivity contribution in [1.29, 1.82) is 0 Å². The van der Waals surface area contributed by atoms with Crippen LogP contribution in [0.3, 0.4) is 0 Å². The highest BCUT2D eigenvalue weighted by molar-refractivity contribution is 5.91. The number of aromatic nitrogens is 5. The van der Waals surface area contributed by atoms with Gasteiger partial charge in [-0.3, -0.25) is 14.6 Å². The van der Waals surface area contributed by atoms with Gasteiger partial charge in [-0.2, -0.15) is 10.2 Å². The Labute approximate surface area is 146 Å². The van der Waals surface area contributed by atoms with Crippen molar-refractivity contribution in [2.45, 2.75) is 40.2 Å². The number of carbonyl (C=O) groups excluding carboxylic acids is 1. The molecule has 0 radical (unpaired) electrons. The molecule has 1 aromatic carbocycles. The molecule has 2 heterocycles. The van der Waals surface area contributed by atoms with Gasteiger partial charge < -0.3 is 5.32 Å². The Morgan fingerprint density at radius 3 is 2.76 bits per heavy atom. The minimum absolute atomic E-state index is 0.00940. The van der Waals surface area contributed by atoms with E-state index in [1.54, 1.807) is 0 Å². The van der Waals surface area contributed by atoms with E-state index in [1.807, 2.05) is 55.8 Å². The van der Waals surface area contributed by atoms with Crippen LogP contribution in [0.15, 0.2) is 30.3 Å². The second-order valence-electron chi connectivity index (χ2n) is 6.13. The van der Waals surface area contributed by atoms with Crippen LogP contribution in [0.5, 0.6) is 0 Å². The Hall–Kier alpha value is -2.96. The SMILES string of the molecule is Cc1cc(C)n(CCCC(=O)Nc2cccc(-c3n[nH]c(C)n3)c2)n1. The number of rotatable bonds is 6. The summed E-state index contributed by atoms with van der Waals surface area (Å²) in [5, 5.41) is 14.3. The predicted octanol–water partition coefficient (Wildman–Crippen LogP) is 3.01. The lowest BCUT2D eigenvalue weighted by molar-refractivity contribution is -0.116. The van der Waals surface area contributed by atoms with Crippen molar-refractivity contribution < 1.29 is 4.79 Å². The highest BCUT2D eigenvalue weighted by Crippen LogP contribution is 2.19. The lowest BCUT2D eigenvalue weighted by atomic mass is 10.2. The Morgan fingerprint density at radius 1 is 1.24 bits per heavy atom. The summed E-state index contributed by atoms with van der Waals surface area (Å²) in [5.41, 5.74) is 3.73. The second kappa shape index (κ2) is 7.29. The molecule has 2 aromatic heterocycles. The lowest BCUT2D eigenvalue weighted by Gasteiger charge is -2.07. The minimum Gasteiger partial charge on any atom is -0.326 e. The number of amides is 1. The summed E-state index contributed by atoms with van der Waals surface area (Å²) in [6.45, 7) is 6.59. The zero-order valence-corrected chi connectivity index (χ0v) is 14.7. The van der Waals surface area contributed by atoms with Gasteiger partial charge in [-0.25, -0.2) is 4.98 Å². The van der Waals surface area contributed by atoms with Crippen LogP contribution in [0, 0.1) is 20.8 Å². The summed E-state index contributed by atoms with van der Waals surface area (Å²) < 4.78 is 1.94. The zero-order chi connectivity index (χ0) is 17.8. The van der Waals surface area contributed by atoms with Crippen LogP contribution >= 0.6 is 0 Å². The first-order chi connectivity index (χ1) is 12.0. The molecule has 0 bridgehead atoms. The number of nitrogens with one attached hydrogen (secondary N) is 2. The molecule has 0 aliphatic rings. The monoisotopic (exact) mass is 338 g/mol. The molecule has 0 saturated carbocycles. The number of carbonyl (C=O) groups is 1. The van der Waals surface area contributed by atoms with Crippen molar-refractivity contribution in [2.24, 2.45) is 0 Å². The van der Waals surface area contributed by atoms with Crippen LogP contribution in [0.1, 0.15) is 30.1 Å². The smallest absolute Gasteiger partial charge is 0.224 e. The molecule has 7 heteroatoms. The Bertz CT molecular complexity index is 879. The first kappa shape index (κ1) is 16.9. The van der Waals surface area contributed by atoms with Gasteiger partial charge in [0.1, 0.15) is 5.82 Å². The molecule has 7 nitrogen and oxygen atoms in total. The van der Waals surface area contributed by atoms with E-state index in [1.165, 1.54) is 0 Å². The predicted molar refractivity (Wildman–Crippen MR) is 96.1 cm³/mol. The molecule has 130 valence electrons. The molecule has 0 saturated heterocycles. The minimum atomic E-state index is -0.00940. The molecule has 0 aliphatic carbocycles. The van der Waals surface area contributed by atoms with Gasteiger partial charge >= 0.3 is 0 Å². The van der Waals surface area contributed by atoms with Gasteiger partial charge in [0.25, 0.3) is 0 Å². The molecule has 0 aliphatic heterocycles. The van der Waals surface area contributed by atoms with Gasteiger partial charge in [0.15, 0.2) is 5.82 Å². The van der Waals surface area contributed by atoms with Crippen LogP contribution < -0.4 is 5.32 Å². The standard InChI is InChI=1S/C18H22N6O/c1-12-10-13(2)24(23-12)9-5-8-17(25)20-16-7-4-6-15(11-16)18-19-14(3)21-22-18/h4,6-7,10-11H,5,8-9H2,1-3H3,(H,20,25)(H,19,21,22). The molecule has 0 spiro atoms. The number of hydrogen-bond acceptors (Lipinski definition) is 4. The van der Waals surface area contributed by atoms with Crippen molar-refractivity contribution in [2.75, 3.05) is 5.32 Å². The normalized spacial score (nSPS) is 10.8.